The van der Waals surface area contributed by atoms with E-state index in [1.165, 1.54) is 11.1 Å². The van der Waals surface area contributed by atoms with E-state index in [1.54, 1.807) is 0 Å². The molecule has 4 heteroatoms. The van der Waals surface area contributed by atoms with Gasteiger partial charge in [0.15, 0.2) is 0 Å². The molecule has 0 aliphatic heterocycles. The molecule has 3 nitrogen and oxygen atoms in total. The van der Waals surface area contributed by atoms with Crippen molar-refractivity contribution in [1.82, 2.24) is 9.97 Å². The maximum atomic E-state index is 6.47. The van der Waals surface area contributed by atoms with Crippen LogP contribution in [0.4, 0.5) is 5.82 Å². The molecule has 0 saturated carbocycles. The molecule has 0 fully saturated rings. The van der Waals surface area contributed by atoms with Crippen molar-refractivity contribution in [3.63, 3.8) is 0 Å². The van der Waals surface area contributed by atoms with Gasteiger partial charge in [-0.05, 0) is 31.4 Å². The first-order chi connectivity index (χ1) is 9.13. The summed E-state index contributed by atoms with van der Waals surface area (Å²) in [6, 6.07) is 10.5. The number of fused-ring (bicyclic) bond motifs is 1. The van der Waals surface area contributed by atoms with Gasteiger partial charge in [0.2, 0.25) is 0 Å². The Morgan fingerprint density at radius 2 is 2.00 bits per heavy atom. The minimum absolute atomic E-state index is 0.0629. The van der Waals surface area contributed by atoms with Crippen molar-refractivity contribution in [2.24, 2.45) is 0 Å². The Balaban J connectivity index is 1.91. The van der Waals surface area contributed by atoms with E-state index in [1.807, 2.05) is 19.9 Å². The lowest BCUT2D eigenvalue weighted by Gasteiger charge is -2.18. The van der Waals surface area contributed by atoms with Gasteiger partial charge in [0, 0.05) is 11.8 Å². The first-order valence-corrected chi connectivity index (χ1v) is 6.88. The molecule has 0 saturated heterocycles. The zero-order chi connectivity index (χ0) is 13.4. The van der Waals surface area contributed by atoms with Crippen molar-refractivity contribution < 1.29 is 0 Å². The van der Waals surface area contributed by atoms with Gasteiger partial charge >= 0.3 is 0 Å². The van der Waals surface area contributed by atoms with E-state index in [0.29, 0.717) is 0 Å². The van der Waals surface area contributed by atoms with Gasteiger partial charge in [-0.25, -0.2) is 9.97 Å². The second-order valence-corrected chi connectivity index (χ2v) is 5.54. The summed E-state index contributed by atoms with van der Waals surface area (Å²) in [7, 11) is 0. The summed E-state index contributed by atoms with van der Waals surface area (Å²) in [6.07, 6.45) is 0.901. The lowest BCUT2D eigenvalue weighted by atomic mass is 10.1. The Morgan fingerprint density at radius 3 is 2.79 bits per heavy atom. The van der Waals surface area contributed by atoms with E-state index < -0.39 is 0 Å². The molecule has 1 aliphatic rings. The van der Waals surface area contributed by atoms with Crippen LogP contribution in [0.15, 0.2) is 30.3 Å². The monoisotopic (exact) mass is 273 g/mol. The van der Waals surface area contributed by atoms with Gasteiger partial charge < -0.3 is 5.32 Å². The molecule has 3 rings (SSSR count). The molecule has 1 aliphatic carbocycles. The van der Waals surface area contributed by atoms with Gasteiger partial charge in [0.1, 0.15) is 11.6 Å². The smallest absolute Gasteiger partial charge is 0.130 e. The lowest BCUT2D eigenvalue weighted by Crippen LogP contribution is -2.18. The molecular weight excluding hydrogens is 258 g/mol. The van der Waals surface area contributed by atoms with Gasteiger partial charge in [-0.15, -0.1) is 11.6 Å². The van der Waals surface area contributed by atoms with Crippen molar-refractivity contribution in [3.8, 4) is 0 Å². The number of halogens is 1. The maximum Gasteiger partial charge on any atom is 0.130 e. The van der Waals surface area contributed by atoms with Crippen LogP contribution in [0.25, 0.3) is 0 Å². The summed E-state index contributed by atoms with van der Waals surface area (Å²) in [5, 5.41) is 3.51. The average molecular weight is 274 g/mol. The molecule has 2 aromatic rings. The van der Waals surface area contributed by atoms with Crippen LogP contribution in [0.2, 0.25) is 0 Å². The third kappa shape index (κ3) is 2.43. The summed E-state index contributed by atoms with van der Waals surface area (Å²) in [5.74, 6) is 1.62. The van der Waals surface area contributed by atoms with Gasteiger partial charge in [-0.2, -0.15) is 0 Å². The van der Waals surface area contributed by atoms with Crippen molar-refractivity contribution in [2.45, 2.75) is 31.7 Å². The van der Waals surface area contributed by atoms with Crippen LogP contribution in [-0.4, -0.2) is 15.3 Å². The van der Waals surface area contributed by atoms with Crippen LogP contribution in [-0.2, 0) is 6.42 Å². The highest BCUT2D eigenvalue weighted by atomic mass is 35.5. The van der Waals surface area contributed by atoms with Gasteiger partial charge in [0.05, 0.1) is 11.4 Å². The van der Waals surface area contributed by atoms with Gasteiger partial charge in [-0.1, -0.05) is 24.3 Å². The number of nitrogens with zero attached hydrogens (tertiary/aromatic N) is 2. The van der Waals surface area contributed by atoms with Crippen LogP contribution in [0.3, 0.4) is 0 Å². The number of alkyl halides is 1. The molecule has 1 aromatic heterocycles. The van der Waals surface area contributed by atoms with Crippen LogP contribution < -0.4 is 5.32 Å². The molecule has 0 spiro atoms. The van der Waals surface area contributed by atoms with Crippen molar-refractivity contribution >= 4 is 17.4 Å². The third-order valence-corrected chi connectivity index (χ3v) is 3.84. The number of nitrogens with one attached hydrogen (secondary N) is 1. The van der Waals surface area contributed by atoms with E-state index in [-0.39, 0.29) is 11.4 Å². The van der Waals surface area contributed by atoms with Gasteiger partial charge in [-0.3, -0.25) is 0 Å². The molecule has 2 unspecified atom stereocenters. The molecular formula is C15H16ClN3. The molecule has 1 aromatic carbocycles. The zero-order valence-electron chi connectivity index (χ0n) is 11.0. The Labute approximate surface area is 118 Å². The second kappa shape index (κ2) is 4.82. The van der Waals surface area contributed by atoms with E-state index >= 15 is 0 Å². The number of hydrogen-bond donors (Lipinski definition) is 1. The highest BCUT2D eigenvalue weighted by Crippen LogP contribution is 2.36. The van der Waals surface area contributed by atoms with E-state index in [2.05, 4.69) is 39.6 Å². The van der Waals surface area contributed by atoms with Crippen LogP contribution in [0.5, 0.6) is 0 Å². The SMILES string of the molecule is Cc1cc(NC2c3ccccc3CC2Cl)nc(C)n1. The number of anilines is 1. The van der Waals surface area contributed by atoms with E-state index in [9.17, 15) is 0 Å². The topological polar surface area (TPSA) is 37.8 Å². The summed E-state index contributed by atoms with van der Waals surface area (Å²) in [6.45, 7) is 3.87. The predicted octanol–water partition coefficient (Wildman–Crippen LogP) is 3.41. The normalized spacial score (nSPS) is 21.2. The average Bonchev–Trinajstić information content (AvgIpc) is 2.65. The summed E-state index contributed by atoms with van der Waals surface area (Å²) < 4.78 is 0. The highest BCUT2D eigenvalue weighted by molar-refractivity contribution is 6.21. The fourth-order valence-corrected chi connectivity index (χ4v) is 3.03. The largest absolute Gasteiger partial charge is 0.362 e. The Hall–Kier alpha value is -1.61. The first kappa shape index (κ1) is 12.4. The Bertz CT molecular complexity index is 592. The molecule has 0 amide bonds. The molecule has 19 heavy (non-hydrogen) atoms. The quantitative estimate of drug-likeness (QED) is 0.852. The van der Waals surface area contributed by atoms with Crippen LogP contribution >= 0.6 is 11.6 Å². The molecule has 1 N–H and O–H groups in total. The molecule has 2 atom stereocenters. The van der Waals surface area contributed by atoms with Crippen molar-refractivity contribution in [3.05, 3.63) is 53.0 Å². The minimum Gasteiger partial charge on any atom is -0.362 e. The zero-order valence-corrected chi connectivity index (χ0v) is 11.8. The molecule has 1 heterocycles. The number of aryl methyl sites for hydroxylation is 2. The van der Waals surface area contributed by atoms with Crippen LogP contribution in [0.1, 0.15) is 28.7 Å². The number of hydrogen-bond acceptors (Lipinski definition) is 3. The third-order valence-electron chi connectivity index (χ3n) is 3.44. The molecule has 98 valence electrons. The van der Waals surface area contributed by atoms with Crippen LogP contribution in [0, 0.1) is 13.8 Å². The number of aromatic nitrogens is 2. The lowest BCUT2D eigenvalue weighted by molar-refractivity contribution is 0.764. The second-order valence-electron chi connectivity index (χ2n) is 4.98. The summed E-state index contributed by atoms with van der Waals surface area (Å²) in [5.41, 5.74) is 3.56. The number of rotatable bonds is 2. The standard InChI is InChI=1S/C15H16ClN3/c1-9-7-14(18-10(2)17-9)19-15-12-6-4-3-5-11(12)8-13(15)16/h3-7,13,15H,8H2,1-2H3,(H,17,18,19). The highest BCUT2D eigenvalue weighted by Gasteiger charge is 2.30. The van der Waals surface area contributed by atoms with E-state index in [4.69, 9.17) is 11.6 Å². The number of benzene rings is 1. The Morgan fingerprint density at radius 1 is 1.21 bits per heavy atom. The first-order valence-electron chi connectivity index (χ1n) is 6.44. The minimum atomic E-state index is 0.0629. The fraction of sp³-hybridized carbons (Fsp3) is 0.333. The molecule has 0 radical (unpaired) electrons. The fourth-order valence-electron chi connectivity index (χ4n) is 2.66. The van der Waals surface area contributed by atoms with Gasteiger partial charge in [0.25, 0.3) is 0 Å². The summed E-state index contributed by atoms with van der Waals surface area (Å²) in [4.78, 5) is 8.71. The molecule has 0 bridgehead atoms. The van der Waals surface area contributed by atoms with Crippen molar-refractivity contribution in [2.75, 3.05) is 5.32 Å². The Kier molecular flexibility index (Phi) is 3.15. The maximum absolute atomic E-state index is 6.47. The van der Waals surface area contributed by atoms with E-state index in [0.717, 1.165) is 23.8 Å². The predicted molar refractivity (Wildman–Crippen MR) is 77.7 cm³/mol. The van der Waals surface area contributed by atoms with Crippen molar-refractivity contribution in [1.29, 1.82) is 0 Å². The summed E-state index contributed by atoms with van der Waals surface area (Å²) >= 11 is 6.47.